The van der Waals surface area contributed by atoms with E-state index in [1.807, 2.05) is 13.0 Å². The number of hydrogen-bond donors (Lipinski definition) is 0. The monoisotopic (exact) mass is 375 g/mol. The SMILES string of the molecule is [2H]c1c(C([2H])(C)C)c([2H])c(-c2c(C)ccc3c2oc2cc([N+]#[C-])cc(C([2H])([2H])[2H])c23)[n+](C)c1C. The van der Waals surface area contributed by atoms with Crippen molar-refractivity contribution in [1.29, 1.82) is 0 Å². The minimum absolute atomic E-state index is 0.0469. The first-order valence-corrected chi connectivity index (χ1v) is 9.07. The topological polar surface area (TPSA) is 21.4 Å². The summed E-state index contributed by atoms with van der Waals surface area (Å²) in [7, 11) is 1.77. The fraction of sp³-hybridized carbons (Fsp3) is 0.280. The Morgan fingerprint density at radius 2 is 2.00 bits per heavy atom. The molecular formula is C25H25N2O+. The number of nitrogens with zero attached hydrogens (tertiary/aromatic N) is 2. The lowest BCUT2D eigenvalue weighted by Gasteiger charge is -2.11. The first-order valence-electron chi connectivity index (χ1n) is 12.1. The van der Waals surface area contributed by atoms with Gasteiger partial charge in [-0.2, -0.15) is 4.57 Å². The third-order valence-electron chi connectivity index (χ3n) is 5.19. The second-order valence-electron chi connectivity index (χ2n) is 7.33. The number of aromatic nitrogens is 1. The summed E-state index contributed by atoms with van der Waals surface area (Å²) in [6, 6.07) is 6.79. The van der Waals surface area contributed by atoms with Gasteiger partial charge >= 0.3 is 0 Å². The van der Waals surface area contributed by atoms with E-state index >= 15 is 0 Å². The highest BCUT2D eigenvalue weighted by Crippen LogP contribution is 2.40. The van der Waals surface area contributed by atoms with Crippen LogP contribution in [0.3, 0.4) is 0 Å². The van der Waals surface area contributed by atoms with Gasteiger partial charge in [0.05, 0.1) is 14.9 Å². The zero-order valence-electron chi connectivity index (χ0n) is 22.6. The van der Waals surface area contributed by atoms with Crippen LogP contribution in [0.2, 0.25) is 0 Å². The summed E-state index contributed by atoms with van der Waals surface area (Å²) in [5, 5.41) is 1.00. The van der Waals surface area contributed by atoms with Crippen molar-refractivity contribution in [3.05, 3.63) is 70.2 Å². The second kappa shape index (κ2) is 6.49. The Labute approximate surface area is 174 Å². The summed E-state index contributed by atoms with van der Waals surface area (Å²) in [5.41, 5.74) is 3.75. The molecule has 0 N–H and O–H groups in total. The van der Waals surface area contributed by atoms with Crippen LogP contribution in [0, 0.1) is 27.3 Å². The smallest absolute Gasteiger partial charge is 0.216 e. The molecule has 140 valence electrons. The van der Waals surface area contributed by atoms with Crippen molar-refractivity contribution in [3.8, 4) is 11.3 Å². The van der Waals surface area contributed by atoms with Crippen LogP contribution in [0.1, 0.15) is 50.4 Å². The normalized spacial score (nSPS) is 15.4. The quantitative estimate of drug-likeness (QED) is 0.283. The van der Waals surface area contributed by atoms with E-state index < -0.39 is 12.7 Å². The third kappa shape index (κ3) is 2.68. The van der Waals surface area contributed by atoms with E-state index in [1.54, 1.807) is 38.5 Å². The molecule has 0 saturated heterocycles. The van der Waals surface area contributed by atoms with Crippen molar-refractivity contribution < 1.29 is 17.2 Å². The Kier molecular flexibility index (Phi) is 2.87. The van der Waals surface area contributed by atoms with Crippen molar-refractivity contribution in [2.75, 3.05) is 0 Å². The Balaban J connectivity index is 2.24. The molecule has 0 aliphatic heterocycles. The molecule has 0 radical (unpaired) electrons. The molecule has 4 rings (SSSR count). The summed E-state index contributed by atoms with van der Waals surface area (Å²) >= 11 is 0. The largest absolute Gasteiger partial charge is 0.456 e. The van der Waals surface area contributed by atoms with Crippen LogP contribution in [0.25, 0.3) is 38.0 Å². The van der Waals surface area contributed by atoms with Crippen molar-refractivity contribution in [3.63, 3.8) is 0 Å². The Morgan fingerprint density at radius 3 is 2.68 bits per heavy atom. The van der Waals surface area contributed by atoms with Gasteiger partial charge in [0.1, 0.15) is 18.2 Å². The number of benzene rings is 2. The molecule has 0 saturated carbocycles. The zero-order valence-corrected chi connectivity index (χ0v) is 16.6. The summed E-state index contributed by atoms with van der Waals surface area (Å²) in [6.45, 7) is 11.9. The second-order valence-corrected chi connectivity index (χ2v) is 7.33. The Morgan fingerprint density at radius 1 is 1.21 bits per heavy atom. The van der Waals surface area contributed by atoms with Gasteiger partial charge in [0.2, 0.25) is 5.69 Å². The van der Waals surface area contributed by atoms with Crippen molar-refractivity contribution >= 4 is 27.6 Å². The van der Waals surface area contributed by atoms with Gasteiger partial charge in [-0.05, 0) is 42.4 Å². The highest BCUT2D eigenvalue weighted by molar-refractivity contribution is 6.11. The average molecular weight is 376 g/mol. The van der Waals surface area contributed by atoms with E-state index in [2.05, 4.69) is 4.85 Å². The van der Waals surface area contributed by atoms with Gasteiger partial charge in [-0.25, -0.2) is 4.85 Å². The predicted molar refractivity (Wildman–Crippen MR) is 115 cm³/mol. The van der Waals surface area contributed by atoms with E-state index in [-0.39, 0.29) is 23.3 Å². The minimum Gasteiger partial charge on any atom is -0.456 e. The first-order chi connectivity index (χ1) is 15.7. The van der Waals surface area contributed by atoms with Crippen LogP contribution in [-0.4, -0.2) is 0 Å². The third-order valence-corrected chi connectivity index (χ3v) is 5.19. The highest BCUT2D eigenvalue weighted by atomic mass is 16.3. The van der Waals surface area contributed by atoms with Crippen LogP contribution >= 0.6 is 0 Å². The molecule has 0 bridgehead atoms. The van der Waals surface area contributed by atoms with E-state index in [4.69, 9.17) is 19.2 Å². The minimum atomic E-state index is -2.45. The van der Waals surface area contributed by atoms with Crippen LogP contribution in [0.4, 0.5) is 5.69 Å². The van der Waals surface area contributed by atoms with E-state index in [0.29, 0.717) is 44.5 Å². The number of aryl methyl sites for hydroxylation is 2. The standard InChI is InChI=1S/C25H25N2O/c1-14(2)18-11-17(5)27(7)21(12-18)24-15(3)8-9-20-23-16(4)10-19(26-6)13-22(23)28-25(20)24/h8-14H,1-5,7H3/q+1/i4D3,11D,12D,14D. The maximum absolute atomic E-state index is 9.00. The molecule has 0 unspecified atom stereocenters. The van der Waals surface area contributed by atoms with Gasteiger partial charge in [-0.15, -0.1) is 0 Å². The maximum Gasteiger partial charge on any atom is 0.216 e. The molecule has 0 atom stereocenters. The molecular weight excluding hydrogens is 344 g/mol. The summed E-state index contributed by atoms with van der Waals surface area (Å²) in [6.07, 6.45) is 0. The number of hydrogen-bond acceptors (Lipinski definition) is 1. The molecule has 2 aromatic carbocycles. The molecule has 4 aromatic rings. The molecule has 28 heavy (non-hydrogen) atoms. The van der Waals surface area contributed by atoms with Gasteiger partial charge in [0, 0.05) is 35.3 Å². The van der Waals surface area contributed by atoms with Gasteiger partial charge in [0.15, 0.2) is 11.4 Å². The van der Waals surface area contributed by atoms with Crippen LogP contribution in [-0.2, 0) is 7.05 Å². The summed E-state index contributed by atoms with van der Waals surface area (Å²) in [4.78, 5) is 3.42. The van der Waals surface area contributed by atoms with E-state index in [1.165, 1.54) is 12.1 Å². The lowest BCUT2D eigenvalue weighted by Crippen LogP contribution is -2.35. The average Bonchev–Trinajstić information content (AvgIpc) is 3.09. The molecule has 0 aliphatic rings. The lowest BCUT2D eigenvalue weighted by atomic mass is 9.96. The van der Waals surface area contributed by atoms with Gasteiger partial charge < -0.3 is 4.42 Å². The van der Waals surface area contributed by atoms with Crippen molar-refractivity contribution in [1.82, 2.24) is 0 Å². The maximum atomic E-state index is 9.00. The fourth-order valence-corrected chi connectivity index (χ4v) is 3.56. The molecule has 3 heteroatoms. The Hall–Kier alpha value is -3.12. The first kappa shape index (κ1) is 12.4. The zero-order chi connectivity index (χ0) is 25.3. The van der Waals surface area contributed by atoms with Gasteiger partial charge in [-0.3, -0.25) is 0 Å². The van der Waals surface area contributed by atoms with Crippen molar-refractivity contribution in [2.24, 2.45) is 7.05 Å². The number of fused-ring (bicyclic) bond motifs is 3. The summed E-state index contributed by atoms with van der Waals surface area (Å²) in [5.74, 6) is -1.17. The molecule has 0 aliphatic carbocycles. The number of pyridine rings is 1. The van der Waals surface area contributed by atoms with Crippen LogP contribution in [0.5, 0.6) is 0 Å². The highest BCUT2D eigenvalue weighted by Gasteiger charge is 2.23. The van der Waals surface area contributed by atoms with Crippen LogP contribution in [0.15, 0.2) is 40.8 Å². The predicted octanol–water partition coefficient (Wildman–Crippen LogP) is 6.68. The molecule has 3 nitrogen and oxygen atoms in total. The van der Waals surface area contributed by atoms with E-state index in [0.717, 1.165) is 5.56 Å². The fourth-order valence-electron chi connectivity index (χ4n) is 3.56. The van der Waals surface area contributed by atoms with Crippen LogP contribution < -0.4 is 4.57 Å². The Bertz CT molecular complexity index is 1530. The van der Waals surface area contributed by atoms with Gasteiger partial charge in [0.25, 0.3) is 0 Å². The lowest BCUT2D eigenvalue weighted by molar-refractivity contribution is -0.666. The van der Waals surface area contributed by atoms with E-state index in [9.17, 15) is 0 Å². The molecule has 0 amide bonds. The molecule has 0 fully saturated rings. The van der Waals surface area contributed by atoms with Gasteiger partial charge in [-0.1, -0.05) is 32.0 Å². The molecule has 2 heterocycles. The summed E-state index contributed by atoms with van der Waals surface area (Å²) < 4.78 is 58.2. The van der Waals surface area contributed by atoms with Crippen molar-refractivity contribution in [2.45, 2.75) is 40.4 Å². The molecule has 0 spiro atoms. The molecule has 2 aromatic heterocycles. The number of rotatable bonds is 2. The number of furan rings is 1.